The second kappa shape index (κ2) is 2.44. The van der Waals surface area contributed by atoms with Crippen LogP contribution in [0.5, 0.6) is 0 Å². The van der Waals surface area contributed by atoms with Crippen molar-refractivity contribution in [3.05, 3.63) is 0 Å². The topological polar surface area (TPSA) is 26.0 Å². The lowest BCUT2D eigenvalue weighted by molar-refractivity contribution is 0.218. The van der Waals surface area contributed by atoms with Crippen molar-refractivity contribution in [1.29, 1.82) is 0 Å². The Morgan fingerprint density at radius 1 is 1.62 bits per heavy atom. The predicted molar refractivity (Wildman–Crippen MR) is 31.3 cm³/mol. The van der Waals surface area contributed by atoms with Crippen molar-refractivity contribution < 1.29 is 18.1 Å². The summed E-state index contributed by atoms with van der Waals surface area (Å²) in [6, 6.07) is -3.61. The fraction of sp³-hybridized carbons (Fsp3) is 1.00. The van der Waals surface area contributed by atoms with Crippen molar-refractivity contribution in [2.75, 3.05) is 0 Å². The SMILES string of the molecule is [2H]C1([2H])C([2H])([2H])C([2H])([2H])C([2H])(F)C([2H])(N)C1([2H])[2H]. The Bertz CT molecular complexity index is 258. The quantitative estimate of drug-likeness (QED) is 0.520. The van der Waals surface area contributed by atoms with Gasteiger partial charge in [-0.15, -0.1) is 0 Å². The van der Waals surface area contributed by atoms with E-state index in [2.05, 4.69) is 0 Å². The first-order chi connectivity index (χ1) is 7.50. The van der Waals surface area contributed by atoms with Crippen LogP contribution in [-0.2, 0) is 0 Å². The zero-order valence-corrected chi connectivity index (χ0v) is 3.96. The zero-order valence-electron chi connectivity index (χ0n) is 14.0. The smallest absolute Gasteiger partial charge is 0.115 e. The van der Waals surface area contributed by atoms with Gasteiger partial charge >= 0.3 is 0 Å². The van der Waals surface area contributed by atoms with E-state index < -0.39 is 37.7 Å². The summed E-state index contributed by atoms with van der Waals surface area (Å²) in [4.78, 5) is 0. The fourth-order valence-electron chi connectivity index (χ4n) is 0.307. The zero-order chi connectivity index (χ0) is 15.0. The van der Waals surface area contributed by atoms with Crippen LogP contribution < -0.4 is 5.73 Å². The van der Waals surface area contributed by atoms with E-state index in [1.54, 1.807) is 0 Å². The maximum Gasteiger partial charge on any atom is 0.115 e. The first kappa shape index (κ1) is 1.17. The van der Waals surface area contributed by atoms with E-state index in [0.29, 0.717) is 0 Å². The summed E-state index contributed by atoms with van der Waals surface area (Å²) in [5, 5.41) is 0. The van der Waals surface area contributed by atoms with Gasteiger partial charge in [-0.05, 0) is 12.7 Å². The minimum absolute atomic E-state index is 3.59. The molecular formula is C6H12FN. The van der Waals surface area contributed by atoms with Crippen LogP contribution in [0.4, 0.5) is 4.39 Å². The van der Waals surface area contributed by atoms with Gasteiger partial charge in [0.15, 0.2) is 0 Å². The molecular weight excluding hydrogens is 105 g/mol. The minimum atomic E-state index is -4.17. The Morgan fingerprint density at radius 2 is 2.25 bits per heavy atom. The summed E-state index contributed by atoms with van der Waals surface area (Å²) in [6.45, 7) is 0. The third kappa shape index (κ3) is 1.19. The molecule has 0 aromatic carbocycles. The monoisotopic (exact) mass is 127 g/mol. The molecule has 0 heterocycles. The Balaban J connectivity index is 3.72. The average molecular weight is 127 g/mol. The van der Waals surface area contributed by atoms with Crippen molar-refractivity contribution in [3.8, 4) is 0 Å². The highest BCUT2D eigenvalue weighted by molar-refractivity contribution is 4.76. The summed E-state index contributed by atoms with van der Waals surface area (Å²) in [5.41, 5.74) is 4.99. The van der Waals surface area contributed by atoms with Crippen LogP contribution in [0.1, 0.15) is 39.2 Å². The second-order valence-electron chi connectivity index (χ2n) is 1.23. The van der Waals surface area contributed by atoms with E-state index in [9.17, 15) is 4.39 Å². The lowest BCUT2D eigenvalue weighted by Crippen LogP contribution is -2.34. The van der Waals surface area contributed by atoms with Crippen molar-refractivity contribution >= 4 is 0 Å². The predicted octanol–water partition coefficient (Wildman–Crippen LogP) is 1.23. The van der Waals surface area contributed by atoms with E-state index in [4.69, 9.17) is 19.4 Å². The fourth-order valence-corrected chi connectivity index (χ4v) is 0.307. The molecule has 2 atom stereocenters. The second-order valence-corrected chi connectivity index (χ2v) is 1.23. The maximum absolute atomic E-state index is 14.1. The van der Waals surface area contributed by atoms with Gasteiger partial charge in [-0.1, -0.05) is 12.7 Å². The molecule has 1 rings (SSSR count). The van der Waals surface area contributed by atoms with E-state index in [1.807, 2.05) is 0 Å². The third-order valence-corrected chi connectivity index (χ3v) is 0.668. The van der Waals surface area contributed by atoms with Gasteiger partial charge in [0.25, 0.3) is 0 Å². The van der Waals surface area contributed by atoms with E-state index in [1.165, 1.54) is 0 Å². The van der Waals surface area contributed by atoms with Gasteiger partial charge in [0.05, 0.1) is 1.37 Å². The van der Waals surface area contributed by atoms with Crippen LogP contribution in [0.15, 0.2) is 0 Å². The highest BCUT2D eigenvalue weighted by Gasteiger charge is 2.19. The van der Waals surface area contributed by atoms with Crippen LogP contribution in [-0.4, -0.2) is 12.2 Å². The Morgan fingerprint density at radius 3 is 3.00 bits per heavy atom. The first-order valence-electron chi connectivity index (χ1n) is 6.98. The van der Waals surface area contributed by atoms with Crippen molar-refractivity contribution in [2.45, 2.75) is 37.7 Å². The lowest BCUT2D eigenvalue weighted by atomic mass is 9.95. The van der Waals surface area contributed by atoms with E-state index in [0.717, 1.165) is 0 Å². The molecule has 0 aromatic heterocycles. The molecule has 1 aliphatic carbocycles. The van der Waals surface area contributed by atoms with Gasteiger partial charge in [-0.3, -0.25) is 0 Å². The van der Waals surface area contributed by atoms with Crippen molar-refractivity contribution in [3.63, 3.8) is 0 Å². The molecule has 0 amide bonds. The molecule has 2 heteroatoms. The molecule has 48 valence electrons. The summed E-state index contributed by atoms with van der Waals surface area (Å²) in [7, 11) is 0. The molecule has 8 heavy (non-hydrogen) atoms. The molecule has 0 spiro atoms. The summed E-state index contributed by atoms with van der Waals surface area (Å²) >= 11 is 0. The number of rotatable bonds is 0. The molecule has 1 aliphatic rings. The Labute approximate surface area is 63.1 Å². The van der Waals surface area contributed by atoms with Crippen LogP contribution in [0.3, 0.4) is 0 Å². The molecule has 2 unspecified atom stereocenters. The molecule has 2 N–H and O–H groups in total. The molecule has 1 saturated carbocycles. The lowest BCUT2D eigenvalue weighted by Gasteiger charge is -2.21. The number of hydrogen-bond acceptors (Lipinski definition) is 1. The molecule has 1 fully saturated rings. The Kier molecular flexibility index (Phi) is 0.357. The van der Waals surface area contributed by atoms with Gasteiger partial charge in [0.1, 0.15) is 6.15 Å². The highest BCUT2D eigenvalue weighted by Crippen LogP contribution is 2.18. The van der Waals surface area contributed by atoms with E-state index >= 15 is 0 Å². The summed E-state index contributed by atoms with van der Waals surface area (Å²) in [6.07, 6.45) is -18.8. The van der Waals surface area contributed by atoms with Crippen LogP contribution >= 0.6 is 0 Å². The summed E-state index contributed by atoms with van der Waals surface area (Å²) in [5.74, 6) is 0. The number of nitrogens with two attached hydrogens (primary N) is 1. The van der Waals surface area contributed by atoms with Gasteiger partial charge in [-0.25, -0.2) is 4.39 Å². The highest BCUT2D eigenvalue weighted by atomic mass is 19.1. The van der Waals surface area contributed by atoms with Crippen LogP contribution in [0.2, 0.25) is 0 Å². The molecule has 1 nitrogen and oxygen atoms in total. The van der Waals surface area contributed by atoms with Crippen LogP contribution in [0.25, 0.3) is 0 Å². The van der Waals surface area contributed by atoms with Gasteiger partial charge in [0.2, 0.25) is 0 Å². The van der Waals surface area contributed by atoms with Gasteiger partial charge in [-0.2, -0.15) is 0 Å². The van der Waals surface area contributed by atoms with Crippen molar-refractivity contribution in [2.24, 2.45) is 5.73 Å². The number of halogens is 1. The van der Waals surface area contributed by atoms with E-state index in [-0.39, 0.29) is 0 Å². The standard InChI is InChI=1S/C6H12FN/c7-5-3-1-2-4-6(5)8/h5-6H,1-4,8H2/i1D2,2D2,3D2,4D2,5D,6D. The number of hydrogen-bond donors (Lipinski definition) is 1. The first-order valence-corrected chi connectivity index (χ1v) is 1.98. The Hall–Kier alpha value is -0.110. The maximum atomic E-state index is 14.1. The van der Waals surface area contributed by atoms with Gasteiger partial charge < -0.3 is 5.73 Å². The number of alkyl halides is 1. The summed E-state index contributed by atoms with van der Waals surface area (Å²) < 4.78 is 87.0. The van der Waals surface area contributed by atoms with Crippen LogP contribution in [0, 0.1) is 0 Å². The minimum Gasteiger partial charge on any atom is -0.325 e. The third-order valence-electron chi connectivity index (χ3n) is 0.668. The van der Waals surface area contributed by atoms with Gasteiger partial charge in [0, 0.05) is 18.4 Å². The molecule has 0 aliphatic heterocycles. The average Bonchev–Trinajstić information content (AvgIpc) is 2.14. The molecule has 0 bridgehead atoms. The molecule has 0 radical (unpaired) electrons. The normalized spacial score (nSPS) is 102. The van der Waals surface area contributed by atoms with Crippen molar-refractivity contribution in [1.82, 2.24) is 0 Å². The molecule has 0 saturated heterocycles. The molecule has 0 aromatic rings. The largest absolute Gasteiger partial charge is 0.325 e.